The summed E-state index contributed by atoms with van der Waals surface area (Å²) < 4.78 is 23.9. The topological polar surface area (TPSA) is 18.5 Å². The van der Waals surface area contributed by atoms with Crippen molar-refractivity contribution in [3.05, 3.63) is 57.8 Å². The lowest BCUT2D eigenvalue weighted by Crippen LogP contribution is -1.99. The van der Waals surface area contributed by atoms with Gasteiger partial charge in [0.25, 0.3) is 0 Å². The molecule has 0 heterocycles. The molecule has 0 bridgehead atoms. The van der Waals surface area contributed by atoms with Crippen LogP contribution in [0.4, 0.5) is 4.39 Å². The Morgan fingerprint density at radius 2 is 1.89 bits per heavy atom. The fourth-order valence-electron chi connectivity index (χ4n) is 1.59. The summed E-state index contributed by atoms with van der Waals surface area (Å²) in [6, 6.07) is 9.51. The van der Waals surface area contributed by atoms with Crippen molar-refractivity contribution in [2.24, 2.45) is 0 Å². The first-order valence-corrected chi connectivity index (χ1v) is 6.26. The highest BCUT2D eigenvalue weighted by molar-refractivity contribution is 6.31. The minimum Gasteiger partial charge on any atom is -0.496 e. The monoisotopic (exact) mass is 300 g/mol. The van der Waals surface area contributed by atoms with Gasteiger partial charge in [-0.1, -0.05) is 23.2 Å². The van der Waals surface area contributed by atoms with Gasteiger partial charge in [0, 0.05) is 16.7 Å². The molecule has 2 aromatic rings. The SMILES string of the molecule is COc1ccc(Cl)cc1COc1ccc(Cl)c(F)c1. The van der Waals surface area contributed by atoms with Crippen molar-refractivity contribution in [1.82, 2.24) is 0 Å². The number of hydrogen-bond donors (Lipinski definition) is 0. The zero-order chi connectivity index (χ0) is 13.8. The number of benzene rings is 2. The Balaban J connectivity index is 2.13. The lowest BCUT2D eigenvalue weighted by atomic mass is 10.2. The van der Waals surface area contributed by atoms with Gasteiger partial charge in [0.15, 0.2) is 0 Å². The molecule has 0 aromatic heterocycles. The van der Waals surface area contributed by atoms with Crippen molar-refractivity contribution in [2.45, 2.75) is 6.61 Å². The molecule has 0 saturated heterocycles. The molecule has 0 radical (unpaired) electrons. The van der Waals surface area contributed by atoms with Crippen LogP contribution in [0.1, 0.15) is 5.56 Å². The molecule has 0 fully saturated rings. The smallest absolute Gasteiger partial charge is 0.145 e. The van der Waals surface area contributed by atoms with Crippen LogP contribution in [0.3, 0.4) is 0 Å². The van der Waals surface area contributed by atoms with Crippen LogP contribution < -0.4 is 9.47 Å². The molecule has 5 heteroatoms. The molecule has 0 aliphatic carbocycles. The average molecular weight is 301 g/mol. The molecule has 0 aliphatic heterocycles. The van der Waals surface area contributed by atoms with E-state index in [1.54, 1.807) is 31.4 Å². The van der Waals surface area contributed by atoms with Gasteiger partial charge in [0.2, 0.25) is 0 Å². The first kappa shape index (κ1) is 14.0. The van der Waals surface area contributed by atoms with Crippen LogP contribution >= 0.6 is 23.2 Å². The summed E-state index contributed by atoms with van der Waals surface area (Å²) in [6.07, 6.45) is 0. The van der Waals surface area contributed by atoms with Gasteiger partial charge in [-0.2, -0.15) is 0 Å². The van der Waals surface area contributed by atoms with Gasteiger partial charge in [-0.05, 0) is 30.3 Å². The second kappa shape index (κ2) is 6.13. The third-order valence-electron chi connectivity index (χ3n) is 2.53. The van der Waals surface area contributed by atoms with Crippen LogP contribution in [0.15, 0.2) is 36.4 Å². The Hall–Kier alpha value is -1.45. The lowest BCUT2D eigenvalue weighted by Gasteiger charge is -2.11. The predicted octanol–water partition coefficient (Wildman–Crippen LogP) is 4.72. The van der Waals surface area contributed by atoms with Crippen LogP contribution in [0.25, 0.3) is 0 Å². The molecule has 0 aliphatic rings. The summed E-state index contributed by atoms with van der Waals surface area (Å²) in [5, 5.41) is 0.648. The van der Waals surface area contributed by atoms with Crippen molar-refractivity contribution in [3.63, 3.8) is 0 Å². The minimum absolute atomic E-state index is 0.0627. The summed E-state index contributed by atoms with van der Waals surface area (Å²) in [6.45, 7) is 0.227. The van der Waals surface area contributed by atoms with Gasteiger partial charge in [-0.25, -0.2) is 4.39 Å². The van der Waals surface area contributed by atoms with E-state index in [-0.39, 0.29) is 11.6 Å². The van der Waals surface area contributed by atoms with Crippen LogP contribution in [0.2, 0.25) is 10.0 Å². The zero-order valence-electron chi connectivity index (χ0n) is 10.1. The Bertz CT molecular complexity index is 588. The van der Waals surface area contributed by atoms with Gasteiger partial charge in [-0.15, -0.1) is 0 Å². The van der Waals surface area contributed by atoms with Crippen molar-refractivity contribution < 1.29 is 13.9 Å². The number of ether oxygens (including phenoxy) is 2. The molecule has 0 N–H and O–H groups in total. The second-order valence-corrected chi connectivity index (χ2v) is 4.66. The molecule has 0 spiro atoms. The van der Waals surface area contributed by atoms with Crippen LogP contribution in [0, 0.1) is 5.82 Å². The summed E-state index contributed by atoms with van der Waals surface area (Å²) in [5.74, 6) is 0.542. The van der Waals surface area contributed by atoms with Crippen molar-refractivity contribution in [2.75, 3.05) is 7.11 Å². The molecule has 2 rings (SSSR count). The standard InChI is InChI=1S/C14H11Cl2FO2/c1-18-14-5-2-10(15)6-9(14)8-19-11-3-4-12(16)13(17)7-11/h2-7H,8H2,1H3. The predicted molar refractivity (Wildman–Crippen MR) is 73.7 cm³/mol. The largest absolute Gasteiger partial charge is 0.496 e. The molecular formula is C14H11Cl2FO2. The highest BCUT2D eigenvalue weighted by Crippen LogP contribution is 2.25. The third-order valence-corrected chi connectivity index (χ3v) is 3.07. The molecule has 2 nitrogen and oxygen atoms in total. The van der Waals surface area contributed by atoms with Gasteiger partial charge >= 0.3 is 0 Å². The number of rotatable bonds is 4. The Kier molecular flexibility index (Phi) is 4.51. The van der Waals surface area contributed by atoms with E-state index in [0.717, 1.165) is 5.56 Å². The number of methoxy groups -OCH3 is 1. The number of halogens is 3. The van der Waals surface area contributed by atoms with Gasteiger partial charge in [0.1, 0.15) is 23.9 Å². The molecular weight excluding hydrogens is 290 g/mol. The van der Waals surface area contributed by atoms with Crippen molar-refractivity contribution >= 4 is 23.2 Å². The summed E-state index contributed by atoms with van der Waals surface area (Å²) in [5.41, 5.74) is 0.783. The molecule has 2 aromatic carbocycles. The van der Waals surface area contributed by atoms with Crippen molar-refractivity contribution in [1.29, 1.82) is 0 Å². The number of hydrogen-bond acceptors (Lipinski definition) is 2. The normalized spacial score (nSPS) is 10.3. The highest BCUT2D eigenvalue weighted by Gasteiger charge is 2.06. The minimum atomic E-state index is -0.516. The van der Waals surface area contributed by atoms with Crippen molar-refractivity contribution in [3.8, 4) is 11.5 Å². The highest BCUT2D eigenvalue weighted by atomic mass is 35.5. The van der Waals surface area contributed by atoms with Crippen LogP contribution in [0.5, 0.6) is 11.5 Å². The molecule has 0 amide bonds. The zero-order valence-corrected chi connectivity index (χ0v) is 11.6. The molecule has 0 saturated carbocycles. The van der Waals surface area contributed by atoms with E-state index < -0.39 is 5.82 Å². The van der Waals surface area contributed by atoms with Crippen LogP contribution in [-0.2, 0) is 6.61 Å². The summed E-state index contributed by atoms with van der Waals surface area (Å²) >= 11 is 11.5. The van der Waals surface area contributed by atoms with Gasteiger partial charge in [0.05, 0.1) is 12.1 Å². The quantitative estimate of drug-likeness (QED) is 0.813. The maximum absolute atomic E-state index is 13.3. The van der Waals surface area contributed by atoms with E-state index in [0.29, 0.717) is 16.5 Å². The van der Waals surface area contributed by atoms with E-state index in [1.807, 2.05) is 0 Å². The summed E-state index contributed by atoms with van der Waals surface area (Å²) in [4.78, 5) is 0. The molecule has 0 atom stereocenters. The molecule has 19 heavy (non-hydrogen) atoms. The van der Waals surface area contributed by atoms with E-state index in [1.165, 1.54) is 12.1 Å². The van der Waals surface area contributed by atoms with Gasteiger partial charge in [-0.3, -0.25) is 0 Å². The Morgan fingerprint density at radius 1 is 1.11 bits per heavy atom. The molecule has 100 valence electrons. The van der Waals surface area contributed by atoms with Gasteiger partial charge < -0.3 is 9.47 Å². The van der Waals surface area contributed by atoms with E-state index in [2.05, 4.69) is 0 Å². The molecule has 0 unspecified atom stereocenters. The maximum atomic E-state index is 13.3. The summed E-state index contributed by atoms with van der Waals surface area (Å²) in [7, 11) is 1.56. The lowest BCUT2D eigenvalue weighted by molar-refractivity contribution is 0.295. The fraction of sp³-hybridized carbons (Fsp3) is 0.143. The maximum Gasteiger partial charge on any atom is 0.145 e. The van der Waals surface area contributed by atoms with E-state index >= 15 is 0 Å². The Morgan fingerprint density at radius 3 is 2.58 bits per heavy atom. The Labute approximate surface area is 120 Å². The second-order valence-electron chi connectivity index (χ2n) is 3.82. The first-order valence-electron chi connectivity index (χ1n) is 5.50. The average Bonchev–Trinajstić information content (AvgIpc) is 2.40. The fourth-order valence-corrected chi connectivity index (χ4v) is 1.90. The van der Waals surface area contributed by atoms with E-state index in [4.69, 9.17) is 32.7 Å². The van der Waals surface area contributed by atoms with E-state index in [9.17, 15) is 4.39 Å². The first-order chi connectivity index (χ1) is 9.10. The van der Waals surface area contributed by atoms with Crippen LogP contribution in [-0.4, -0.2) is 7.11 Å². The third kappa shape index (κ3) is 3.52.